The molecule has 7 heteroatoms. The molecule has 0 radical (unpaired) electrons. The Morgan fingerprint density at radius 1 is 0.714 bits per heavy atom. The maximum atomic E-state index is 11.3. The van der Waals surface area contributed by atoms with Crippen molar-refractivity contribution in [2.24, 2.45) is 0 Å². The fourth-order valence-electron chi connectivity index (χ4n) is 1.49. The summed E-state index contributed by atoms with van der Waals surface area (Å²) >= 11 is 0. The molecule has 21 heavy (non-hydrogen) atoms. The molecule has 7 nitrogen and oxygen atoms in total. The highest BCUT2D eigenvalue weighted by Gasteiger charge is 2.07. The molecular formula is C14H29NO6. The topological polar surface area (TPSA) is 66.5 Å². The van der Waals surface area contributed by atoms with E-state index in [1.54, 1.807) is 26.0 Å². The van der Waals surface area contributed by atoms with E-state index in [0.717, 1.165) is 0 Å². The first-order valence-electron chi connectivity index (χ1n) is 7.19. The molecule has 0 N–H and O–H groups in total. The summed E-state index contributed by atoms with van der Waals surface area (Å²) in [4.78, 5) is 13.0. The molecule has 0 heterocycles. The Balaban J connectivity index is 3.31. The van der Waals surface area contributed by atoms with Gasteiger partial charge in [0.2, 0.25) is 5.91 Å². The van der Waals surface area contributed by atoms with Gasteiger partial charge in [-0.3, -0.25) is 4.79 Å². The van der Waals surface area contributed by atoms with Crippen molar-refractivity contribution in [2.75, 3.05) is 80.2 Å². The van der Waals surface area contributed by atoms with E-state index in [4.69, 9.17) is 23.7 Å². The van der Waals surface area contributed by atoms with Crippen LogP contribution in [-0.2, 0) is 28.5 Å². The number of hydrogen-bond acceptors (Lipinski definition) is 6. The van der Waals surface area contributed by atoms with Crippen LogP contribution in [0.15, 0.2) is 0 Å². The fraction of sp³-hybridized carbons (Fsp3) is 0.929. The average Bonchev–Trinajstić information content (AvgIpc) is 2.47. The van der Waals surface area contributed by atoms with E-state index in [1.807, 2.05) is 0 Å². The Labute approximate surface area is 127 Å². The fourth-order valence-corrected chi connectivity index (χ4v) is 1.49. The largest absolute Gasteiger partial charge is 0.383 e. The van der Waals surface area contributed by atoms with Gasteiger partial charge in [-0.1, -0.05) is 0 Å². The zero-order valence-corrected chi connectivity index (χ0v) is 13.5. The van der Waals surface area contributed by atoms with Crippen LogP contribution in [0.2, 0.25) is 0 Å². The summed E-state index contributed by atoms with van der Waals surface area (Å²) < 4.78 is 25.8. The second-order valence-corrected chi connectivity index (χ2v) is 4.33. The minimum atomic E-state index is 0.0279. The highest BCUT2D eigenvalue weighted by molar-refractivity contribution is 5.73. The van der Waals surface area contributed by atoms with E-state index in [9.17, 15) is 4.79 Å². The molecule has 0 fully saturated rings. The molecule has 0 aromatic carbocycles. The maximum absolute atomic E-state index is 11.3. The number of nitrogens with zero attached hydrogens (tertiary/aromatic N) is 1. The van der Waals surface area contributed by atoms with Gasteiger partial charge in [-0.25, -0.2) is 0 Å². The minimum Gasteiger partial charge on any atom is -0.383 e. The lowest BCUT2D eigenvalue weighted by molar-refractivity contribution is -0.130. The smallest absolute Gasteiger partial charge is 0.219 e. The molecule has 0 aliphatic heterocycles. The van der Waals surface area contributed by atoms with E-state index in [1.165, 1.54) is 0 Å². The van der Waals surface area contributed by atoms with Gasteiger partial charge in [-0.05, 0) is 0 Å². The number of hydrogen-bond donors (Lipinski definition) is 0. The second-order valence-electron chi connectivity index (χ2n) is 4.33. The van der Waals surface area contributed by atoms with Crippen LogP contribution in [0.3, 0.4) is 0 Å². The van der Waals surface area contributed by atoms with Crippen LogP contribution < -0.4 is 0 Å². The standard InChI is InChI=1S/C14H29NO6/c1-14(16)15(4-6-17-2)5-7-19-10-11-21-13-12-20-9-8-18-3/h4-13H2,1-3H3. The number of ether oxygens (including phenoxy) is 5. The van der Waals surface area contributed by atoms with Crippen molar-refractivity contribution in [1.82, 2.24) is 4.90 Å². The summed E-state index contributed by atoms with van der Waals surface area (Å²) in [5.74, 6) is 0.0279. The monoisotopic (exact) mass is 307 g/mol. The number of carbonyl (C=O) groups is 1. The molecule has 0 aromatic rings. The summed E-state index contributed by atoms with van der Waals surface area (Å²) in [6.07, 6.45) is 0. The third kappa shape index (κ3) is 14.0. The van der Waals surface area contributed by atoms with E-state index in [-0.39, 0.29) is 5.91 Å². The number of amides is 1. The van der Waals surface area contributed by atoms with Crippen LogP contribution in [0.1, 0.15) is 6.92 Å². The molecule has 0 bridgehead atoms. The first-order chi connectivity index (χ1) is 10.2. The first kappa shape index (κ1) is 20.3. The van der Waals surface area contributed by atoms with E-state index in [2.05, 4.69) is 0 Å². The highest BCUT2D eigenvalue weighted by atomic mass is 16.6. The highest BCUT2D eigenvalue weighted by Crippen LogP contribution is 1.91. The van der Waals surface area contributed by atoms with Crippen molar-refractivity contribution >= 4 is 5.91 Å². The lowest BCUT2D eigenvalue weighted by Gasteiger charge is -2.20. The molecule has 0 saturated carbocycles. The SMILES string of the molecule is COCCOCCOCCOCCN(CCOC)C(C)=O. The van der Waals surface area contributed by atoms with Crippen molar-refractivity contribution < 1.29 is 28.5 Å². The van der Waals surface area contributed by atoms with Gasteiger partial charge in [0.25, 0.3) is 0 Å². The van der Waals surface area contributed by atoms with Gasteiger partial charge in [0.15, 0.2) is 0 Å². The van der Waals surface area contributed by atoms with Crippen LogP contribution in [0.4, 0.5) is 0 Å². The lowest BCUT2D eigenvalue weighted by Crippen LogP contribution is -2.35. The van der Waals surface area contributed by atoms with Gasteiger partial charge in [0.05, 0.1) is 52.9 Å². The molecule has 0 aliphatic rings. The number of methoxy groups -OCH3 is 2. The van der Waals surface area contributed by atoms with Crippen molar-refractivity contribution in [2.45, 2.75) is 6.92 Å². The van der Waals surface area contributed by atoms with Crippen molar-refractivity contribution in [3.05, 3.63) is 0 Å². The van der Waals surface area contributed by atoms with Gasteiger partial charge < -0.3 is 28.6 Å². The molecule has 0 atom stereocenters. The zero-order chi connectivity index (χ0) is 15.8. The molecule has 0 saturated heterocycles. The summed E-state index contributed by atoms with van der Waals surface area (Å²) in [6.45, 7) is 7.03. The van der Waals surface area contributed by atoms with Crippen LogP contribution >= 0.6 is 0 Å². The van der Waals surface area contributed by atoms with Crippen LogP contribution in [0, 0.1) is 0 Å². The lowest BCUT2D eigenvalue weighted by atomic mass is 10.4. The van der Waals surface area contributed by atoms with Crippen molar-refractivity contribution in [3.8, 4) is 0 Å². The van der Waals surface area contributed by atoms with Gasteiger partial charge in [-0.15, -0.1) is 0 Å². The Kier molecular flexibility index (Phi) is 15.1. The Bertz CT molecular complexity index is 240. The van der Waals surface area contributed by atoms with Gasteiger partial charge >= 0.3 is 0 Å². The normalized spacial score (nSPS) is 10.8. The maximum Gasteiger partial charge on any atom is 0.219 e. The van der Waals surface area contributed by atoms with E-state index >= 15 is 0 Å². The third-order valence-electron chi connectivity index (χ3n) is 2.69. The molecular weight excluding hydrogens is 278 g/mol. The van der Waals surface area contributed by atoms with Gasteiger partial charge in [-0.2, -0.15) is 0 Å². The van der Waals surface area contributed by atoms with E-state index in [0.29, 0.717) is 65.9 Å². The van der Waals surface area contributed by atoms with E-state index < -0.39 is 0 Å². The summed E-state index contributed by atoms with van der Waals surface area (Å²) in [5.41, 5.74) is 0. The quantitative estimate of drug-likeness (QED) is 0.402. The molecule has 0 aliphatic carbocycles. The van der Waals surface area contributed by atoms with Crippen molar-refractivity contribution in [3.63, 3.8) is 0 Å². The minimum absolute atomic E-state index is 0.0279. The first-order valence-corrected chi connectivity index (χ1v) is 7.19. The predicted molar refractivity (Wildman–Crippen MR) is 78.5 cm³/mol. The molecule has 0 rings (SSSR count). The zero-order valence-electron chi connectivity index (χ0n) is 13.5. The molecule has 126 valence electrons. The van der Waals surface area contributed by atoms with Crippen LogP contribution in [0.5, 0.6) is 0 Å². The van der Waals surface area contributed by atoms with Crippen molar-refractivity contribution in [1.29, 1.82) is 0 Å². The van der Waals surface area contributed by atoms with Gasteiger partial charge in [0.1, 0.15) is 0 Å². The molecule has 0 unspecified atom stereocenters. The molecule has 0 aromatic heterocycles. The summed E-state index contributed by atoms with van der Waals surface area (Å²) in [5, 5.41) is 0. The molecule has 0 spiro atoms. The number of rotatable bonds is 15. The predicted octanol–water partition coefficient (Wildman–Crippen LogP) is 0.178. The second kappa shape index (κ2) is 15.7. The Morgan fingerprint density at radius 3 is 1.62 bits per heavy atom. The van der Waals surface area contributed by atoms with Gasteiger partial charge in [0, 0.05) is 34.2 Å². The average molecular weight is 307 g/mol. The summed E-state index contributed by atoms with van der Waals surface area (Å²) in [7, 11) is 3.25. The van der Waals surface area contributed by atoms with Crippen LogP contribution in [0.25, 0.3) is 0 Å². The van der Waals surface area contributed by atoms with Crippen LogP contribution in [-0.4, -0.2) is 91.0 Å². The molecule has 1 amide bonds. The Morgan fingerprint density at radius 2 is 1.14 bits per heavy atom. The summed E-state index contributed by atoms with van der Waals surface area (Å²) in [6, 6.07) is 0. The Hall–Kier alpha value is -0.730. The third-order valence-corrected chi connectivity index (χ3v) is 2.69. The number of carbonyl (C=O) groups excluding carboxylic acids is 1.